The van der Waals surface area contributed by atoms with Crippen LogP contribution in [0, 0.1) is 0 Å². The minimum Gasteiger partial charge on any atom is -0.497 e. The minimum absolute atomic E-state index is 0.125. The molecule has 0 bridgehead atoms. The van der Waals surface area contributed by atoms with Gasteiger partial charge in [-0.05, 0) is 49.4 Å². The molecule has 1 unspecified atom stereocenters. The van der Waals surface area contributed by atoms with Gasteiger partial charge in [0, 0.05) is 32.4 Å². The van der Waals surface area contributed by atoms with E-state index in [-0.39, 0.29) is 6.10 Å². The Morgan fingerprint density at radius 3 is 2.39 bits per heavy atom. The van der Waals surface area contributed by atoms with Crippen LogP contribution in [0.1, 0.15) is 44.2 Å². The maximum Gasteiger partial charge on any atom is 0.213 e. The predicted octanol–water partition coefficient (Wildman–Crippen LogP) is 3.74. The highest BCUT2D eigenvalue weighted by Crippen LogP contribution is 2.21. The predicted molar refractivity (Wildman–Crippen MR) is 114 cm³/mol. The Hall–Kier alpha value is -2.76. The number of hydrogen-bond acceptors (Lipinski definition) is 4. The molecule has 1 aromatic heterocycles. The molecule has 28 heavy (non-hydrogen) atoms. The molecule has 0 spiro atoms. The van der Waals surface area contributed by atoms with Crippen molar-refractivity contribution in [2.75, 3.05) is 20.7 Å². The zero-order valence-corrected chi connectivity index (χ0v) is 17.5. The van der Waals surface area contributed by atoms with Crippen LogP contribution in [0.25, 0.3) is 0 Å². The fraction of sp³-hybridized carbons (Fsp3) is 0.455. The Morgan fingerprint density at radius 2 is 1.82 bits per heavy atom. The molecule has 6 heteroatoms. The van der Waals surface area contributed by atoms with E-state index in [1.807, 2.05) is 44.3 Å². The SMILES string of the molecule is CN=C(NCCC(C)c1ccc(OC)cc1)NCc1ccc(OC(C)C)nc1. The van der Waals surface area contributed by atoms with Crippen molar-refractivity contribution < 1.29 is 9.47 Å². The molecule has 0 aliphatic rings. The fourth-order valence-electron chi connectivity index (χ4n) is 2.74. The summed E-state index contributed by atoms with van der Waals surface area (Å²) >= 11 is 0. The summed E-state index contributed by atoms with van der Waals surface area (Å²) in [6.07, 6.45) is 2.96. The Kier molecular flexibility index (Phi) is 8.59. The lowest BCUT2D eigenvalue weighted by atomic mass is 9.98. The standard InChI is InChI=1S/C22H32N4O2/c1-16(2)28-21-11-6-18(14-25-21)15-26-22(23-4)24-13-12-17(3)19-7-9-20(27-5)10-8-19/h6-11,14,16-17H,12-13,15H2,1-5H3,(H2,23,24,26). The normalized spacial score (nSPS) is 12.6. The lowest BCUT2D eigenvalue weighted by Crippen LogP contribution is -2.37. The smallest absolute Gasteiger partial charge is 0.213 e. The molecule has 0 saturated heterocycles. The third kappa shape index (κ3) is 7.10. The fourth-order valence-corrected chi connectivity index (χ4v) is 2.74. The molecule has 6 nitrogen and oxygen atoms in total. The summed E-state index contributed by atoms with van der Waals surface area (Å²) in [6.45, 7) is 7.70. The van der Waals surface area contributed by atoms with Gasteiger partial charge in [-0.1, -0.05) is 25.1 Å². The number of hydrogen-bond donors (Lipinski definition) is 2. The Balaban J connectivity index is 1.74. The van der Waals surface area contributed by atoms with Gasteiger partial charge in [0.1, 0.15) is 5.75 Å². The first-order chi connectivity index (χ1) is 13.5. The van der Waals surface area contributed by atoms with Crippen LogP contribution in [0.3, 0.4) is 0 Å². The maximum absolute atomic E-state index is 5.57. The van der Waals surface area contributed by atoms with Crippen molar-refractivity contribution >= 4 is 5.96 Å². The van der Waals surface area contributed by atoms with Crippen molar-refractivity contribution in [3.8, 4) is 11.6 Å². The second kappa shape index (κ2) is 11.2. The van der Waals surface area contributed by atoms with Crippen LogP contribution in [0.15, 0.2) is 47.6 Å². The topological polar surface area (TPSA) is 67.8 Å². The largest absolute Gasteiger partial charge is 0.497 e. The zero-order chi connectivity index (χ0) is 20.4. The first-order valence-electron chi connectivity index (χ1n) is 9.72. The van der Waals surface area contributed by atoms with E-state index in [4.69, 9.17) is 9.47 Å². The van der Waals surface area contributed by atoms with Crippen LogP contribution in [0.2, 0.25) is 0 Å². The van der Waals surface area contributed by atoms with Crippen LogP contribution in [0.5, 0.6) is 11.6 Å². The number of pyridine rings is 1. The Bertz CT molecular complexity index is 727. The van der Waals surface area contributed by atoms with Crippen LogP contribution in [0.4, 0.5) is 0 Å². The monoisotopic (exact) mass is 384 g/mol. The minimum atomic E-state index is 0.125. The molecule has 0 aliphatic heterocycles. The van der Waals surface area contributed by atoms with Crippen molar-refractivity contribution in [2.24, 2.45) is 4.99 Å². The molecule has 1 aromatic carbocycles. The van der Waals surface area contributed by atoms with E-state index < -0.39 is 0 Å². The molecule has 152 valence electrons. The van der Waals surface area contributed by atoms with E-state index in [0.29, 0.717) is 18.3 Å². The van der Waals surface area contributed by atoms with Crippen LogP contribution in [-0.2, 0) is 6.54 Å². The second-order valence-corrected chi connectivity index (χ2v) is 6.99. The van der Waals surface area contributed by atoms with Crippen molar-refractivity contribution in [2.45, 2.75) is 45.8 Å². The summed E-state index contributed by atoms with van der Waals surface area (Å²) in [7, 11) is 3.46. The molecule has 1 atom stereocenters. The molecule has 0 radical (unpaired) electrons. The van der Waals surface area contributed by atoms with Crippen LogP contribution < -0.4 is 20.1 Å². The average Bonchev–Trinajstić information content (AvgIpc) is 2.71. The van der Waals surface area contributed by atoms with Crippen LogP contribution >= 0.6 is 0 Å². The number of rotatable bonds is 9. The van der Waals surface area contributed by atoms with Crippen molar-refractivity contribution in [3.05, 3.63) is 53.7 Å². The number of aromatic nitrogens is 1. The van der Waals surface area contributed by atoms with Gasteiger partial charge in [0.25, 0.3) is 0 Å². The number of nitrogens with zero attached hydrogens (tertiary/aromatic N) is 2. The van der Waals surface area contributed by atoms with Gasteiger partial charge in [0.15, 0.2) is 5.96 Å². The molecule has 0 amide bonds. The Morgan fingerprint density at radius 1 is 1.07 bits per heavy atom. The third-order valence-electron chi connectivity index (χ3n) is 4.39. The van der Waals surface area contributed by atoms with E-state index in [1.54, 1.807) is 14.2 Å². The number of ether oxygens (including phenoxy) is 2. The summed E-state index contributed by atoms with van der Waals surface area (Å²) in [5, 5.41) is 6.69. The van der Waals surface area contributed by atoms with Gasteiger partial charge in [-0.25, -0.2) is 4.98 Å². The summed E-state index contributed by atoms with van der Waals surface area (Å²) in [4.78, 5) is 8.61. The first kappa shape index (κ1) is 21.5. The van der Waals surface area contributed by atoms with E-state index in [2.05, 4.69) is 39.7 Å². The van der Waals surface area contributed by atoms with Crippen LogP contribution in [-0.4, -0.2) is 37.7 Å². The molecule has 0 saturated carbocycles. The van der Waals surface area contributed by atoms with Crippen molar-refractivity contribution in [3.63, 3.8) is 0 Å². The molecular weight excluding hydrogens is 352 g/mol. The summed E-state index contributed by atoms with van der Waals surface area (Å²) in [5.74, 6) is 2.77. The maximum atomic E-state index is 5.57. The van der Waals surface area contributed by atoms with Crippen molar-refractivity contribution in [1.29, 1.82) is 0 Å². The van der Waals surface area contributed by atoms with E-state index in [9.17, 15) is 0 Å². The number of aliphatic imine (C=N–C) groups is 1. The molecule has 2 aromatic rings. The number of guanidine groups is 1. The summed E-state index contributed by atoms with van der Waals surface area (Å²) in [6, 6.07) is 12.2. The van der Waals surface area contributed by atoms with Gasteiger partial charge in [0.05, 0.1) is 13.2 Å². The third-order valence-corrected chi connectivity index (χ3v) is 4.39. The van der Waals surface area contributed by atoms with Gasteiger partial charge in [-0.2, -0.15) is 0 Å². The van der Waals surface area contributed by atoms with Crippen molar-refractivity contribution in [1.82, 2.24) is 15.6 Å². The quantitative estimate of drug-likeness (QED) is 0.509. The molecule has 0 fully saturated rings. The number of benzene rings is 1. The molecule has 2 rings (SSSR count). The van der Waals surface area contributed by atoms with Gasteiger partial charge >= 0.3 is 0 Å². The van der Waals surface area contributed by atoms with E-state index in [0.717, 1.165) is 30.2 Å². The number of nitrogens with one attached hydrogen (secondary N) is 2. The van der Waals surface area contributed by atoms with Gasteiger partial charge in [0.2, 0.25) is 5.88 Å². The molecular formula is C22H32N4O2. The highest BCUT2D eigenvalue weighted by Gasteiger charge is 2.07. The lowest BCUT2D eigenvalue weighted by Gasteiger charge is -2.15. The molecule has 2 N–H and O–H groups in total. The lowest BCUT2D eigenvalue weighted by molar-refractivity contribution is 0.232. The second-order valence-electron chi connectivity index (χ2n) is 6.99. The summed E-state index contributed by atoms with van der Waals surface area (Å²) in [5.41, 5.74) is 2.38. The highest BCUT2D eigenvalue weighted by atomic mass is 16.5. The van der Waals surface area contributed by atoms with Gasteiger partial charge < -0.3 is 20.1 Å². The summed E-state index contributed by atoms with van der Waals surface area (Å²) < 4.78 is 10.8. The number of methoxy groups -OCH3 is 1. The van der Waals surface area contributed by atoms with E-state index >= 15 is 0 Å². The highest BCUT2D eigenvalue weighted by molar-refractivity contribution is 5.79. The first-order valence-corrected chi connectivity index (χ1v) is 9.72. The van der Waals surface area contributed by atoms with E-state index in [1.165, 1.54) is 5.56 Å². The zero-order valence-electron chi connectivity index (χ0n) is 17.5. The van der Waals surface area contributed by atoms with Gasteiger partial charge in [-0.15, -0.1) is 0 Å². The Labute approximate surface area is 168 Å². The molecule has 1 heterocycles. The average molecular weight is 385 g/mol. The van der Waals surface area contributed by atoms with Gasteiger partial charge in [-0.3, -0.25) is 4.99 Å². The molecule has 0 aliphatic carbocycles.